The summed E-state index contributed by atoms with van der Waals surface area (Å²) in [7, 11) is 0. The molecule has 1 heterocycles. The maximum absolute atomic E-state index is 6.15. The van der Waals surface area contributed by atoms with Gasteiger partial charge in [0, 0.05) is 24.0 Å². The number of rotatable bonds is 4. The highest BCUT2D eigenvalue weighted by atomic mass is 79.9. The standard InChI is InChI=1S/C17H18Br2O2/c18-11-17(7-9-20-10-8-17)12-21-15-6-5-13-3-1-2-4-14(13)16(15)19/h1-6H,7-12H2. The van der Waals surface area contributed by atoms with E-state index in [4.69, 9.17) is 9.47 Å². The van der Waals surface area contributed by atoms with Crippen molar-refractivity contribution in [3.05, 3.63) is 40.9 Å². The van der Waals surface area contributed by atoms with E-state index >= 15 is 0 Å². The third-order valence-corrected chi connectivity index (χ3v) is 6.21. The van der Waals surface area contributed by atoms with Crippen molar-refractivity contribution in [1.82, 2.24) is 0 Å². The van der Waals surface area contributed by atoms with Gasteiger partial charge in [-0.2, -0.15) is 0 Å². The Morgan fingerprint density at radius 3 is 2.62 bits per heavy atom. The zero-order valence-corrected chi connectivity index (χ0v) is 15.0. The maximum Gasteiger partial charge on any atom is 0.134 e. The third-order valence-electron chi connectivity index (χ3n) is 4.20. The second-order valence-electron chi connectivity index (χ2n) is 5.63. The number of benzene rings is 2. The van der Waals surface area contributed by atoms with Crippen molar-refractivity contribution in [1.29, 1.82) is 0 Å². The minimum Gasteiger partial charge on any atom is -0.492 e. The van der Waals surface area contributed by atoms with Gasteiger partial charge in [0.25, 0.3) is 0 Å². The molecule has 0 radical (unpaired) electrons. The molecule has 2 aromatic rings. The first-order valence-corrected chi connectivity index (χ1v) is 9.09. The molecule has 0 amide bonds. The van der Waals surface area contributed by atoms with Crippen molar-refractivity contribution >= 4 is 42.6 Å². The van der Waals surface area contributed by atoms with Gasteiger partial charge in [-0.05, 0) is 45.6 Å². The van der Waals surface area contributed by atoms with Gasteiger partial charge in [0.05, 0.1) is 11.1 Å². The third kappa shape index (κ3) is 3.27. The zero-order chi connectivity index (χ0) is 14.7. The van der Waals surface area contributed by atoms with Gasteiger partial charge >= 0.3 is 0 Å². The number of hydrogen-bond acceptors (Lipinski definition) is 2. The van der Waals surface area contributed by atoms with Crippen LogP contribution in [0.1, 0.15) is 12.8 Å². The number of hydrogen-bond donors (Lipinski definition) is 0. The fraction of sp³-hybridized carbons (Fsp3) is 0.412. The molecule has 0 saturated carbocycles. The second kappa shape index (κ2) is 6.67. The molecule has 21 heavy (non-hydrogen) atoms. The summed E-state index contributed by atoms with van der Waals surface area (Å²) in [5, 5.41) is 3.36. The molecule has 1 aliphatic heterocycles. The summed E-state index contributed by atoms with van der Waals surface area (Å²) in [6.07, 6.45) is 2.09. The van der Waals surface area contributed by atoms with Crippen LogP contribution < -0.4 is 4.74 Å². The Morgan fingerprint density at radius 2 is 1.86 bits per heavy atom. The van der Waals surface area contributed by atoms with Crippen molar-refractivity contribution in [2.75, 3.05) is 25.2 Å². The van der Waals surface area contributed by atoms with E-state index in [9.17, 15) is 0 Å². The average Bonchev–Trinajstić information content (AvgIpc) is 2.55. The van der Waals surface area contributed by atoms with Crippen LogP contribution >= 0.6 is 31.9 Å². The van der Waals surface area contributed by atoms with Gasteiger partial charge in [-0.3, -0.25) is 0 Å². The lowest BCUT2D eigenvalue weighted by Gasteiger charge is -2.35. The number of alkyl halides is 1. The Balaban J connectivity index is 1.80. The van der Waals surface area contributed by atoms with Crippen LogP contribution in [0.5, 0.6) is 5.75 Å². The Labute approximate surface area is 142 Å². The molecule has 0 bridgehead atoms. The Bertz CT molecular complexity index is 621. The van der Waals surface area contributed by atoms with Crippen LogP contribution in [0.3, 0.4) is 0 Å². The molecule has 4 heteroatoms. The molecule has 2 nitrogen and oxygen atoms in total. The lowest BCUT2D eigenvalue weighted by molar-refractivity contribution is 0.00344. The first kappa shape index (κ1) is 15.3. The summed E-state index contributed by atoms with van der Waals surface area (Å²) in [6, 6.07) is 12.5. The summed E-state index contributed by atoms with van der Waals surface area (Å²) in [6.45, 7) is 2.38. The quantitative estimate of drug-likeness (QED) is 0.643. The summed E-state index contributed by atoms with van der Waals surface area (Å²) < 4.78 is 12.7. The van der Waals surface area contributed by atoms with Crippen molar-refractivity contribution in [3.63, 3.8) is 0 Å². The number of halogens is 2. The molecule has 0 N–H and O–H groups in total. The molecule has 2 aromatic carbocycles. The fourth-order valence-electron chi connectivity index (χ4n) is 2.68. The van der Waals surface area contributed by atoms with Crippen molar-refractivity contribution in [2.24, 2.45) is 5.41 Å². The van der Waals surface area contributed by atoms with Crippen molar-refractivity contribution < 1.29 is 9.47 Å². The van der Waals surface area contributed by atoms with E-state index in [-0.39, 0.29) is 5.41 Å². The summed E-state index contributed by atoms with van der Waals surface area (Å²) in [5.41, 5.74) is 0.184. The average molecular weight is 414 g/mol. The van der Waals surface area contributed by atoms with Crippen LogP contribution in [-0.2, 0) is 4.74 Å². The molecule has 0 spiro atoms. The highest BCUT2D eigenvalue weighted by molar-refractivity contribution is 9.10. The normalized spacial score (nSPS) is 17.8. The van der Waals surface area contributed by atoms with Gasteiger partial charge < -0.3 is 9.47 Å². The van der Waals surface area contributed by atoms with E-state index in [0.717, 1.165) is 48.2 Å². The van der Waals surface area contributed by atoms with E-state index < -0.39 is 0 Å². The van der Waals surface area contributed by atoms with Crippen molar-refractivity contribution in [3.8, 4) is 5.75 Å². The van der Waals surface area contributed by atoms with E-state index in [1.807, 2.05) is 6.07 Å². The lowest BCUT2D eigenvalue weighted by Crippen LogP contribution is -2.36. The van der Waals surface area contributed by atoms with Crippen LogP contribution in [0.25, 0.3) is 10.8 Å². The van der Waals surface area contributed by atoms with E-state index in [0.29, 0.717) is 0 Å². The Hall–Kier alpha value is -0.580. The van der Waals surface area contributed by atoms with Gasteiger partial charge in [-0.1, -0.05) is 46.3 Å². The zero-order valence-electron chi connectivity index (χ0n) is 11.8. The van der Waals surface area contributed by atoms with Gasteiger partial charge in [-0.25, -0.2) is 0 Å². The molecule has 0 aromatic heterocycles. The molecule has 1 aliphatic rings. The molecular weight excluding hydrogens is 396 g/mol. The maximum atomic E-state index is 6.15. The summed E-state index contributed by atoms with van der Waals surface area (Å²) in [4.78, 5) is 0. The van der Waals surface area contributed by atoms with Crippen LogP contribution in [0, 0.1) is 5.41 Å². The van der Waals surface area contributed by atoms with Crippen molar-refractivity contribution in [2.45, 2.75) is 12.8 Å². The molecule has 112 valence electrons. The van der Waals surface area contributed by atoms with Crippen LogP contribution in [0.2, 0.25) is 0 Å². The minimum atomic E-state index is 0.184. The van der Waals surface area contributed by atoms with E-state index in [1.165, 1.54) is 10.8 Å². The van der Waals surface area contributed by atoms with Gasteiger partial charge in [-0.15, -0.1) is 0 Å². The van der Waals surface area contributed by atoms with E-state index in [1.54, 1.807) is 0 Å². The highest BCUT2D eigenvalue weighted by Crippen LogP contribution is 2.37. The second-order valence-corrected chi connectivity index (χ2v) is 6.99. The fourth-order valence-corrected chi connectivity index (χ4v) is 4.01. The van der Waals surface area contributed by atoms with Crippen LogP contribution in [0.4, 0.5) is 0 Å². The minimum absolute atomic E-state index is 0.184. The van der Waals surface area contributed by atoms with Crippen LogP contribution in [-0.4, -0.2) is 25.2 Å². The first-order chi connectivity index (χ1) is 10.2. The van der Waals surface area contributed by atoms with E-state index in [2.05, 4.69) is 62.2 Å². The molecule has 1 saturated heterocycles. The number of fused-ring (bicyclic) bond motifs is 1. The predicted octanol–water partition coefficient (Wildman–Crippen LogP) is 5.17. The van der Waals surface area contributed by atoms with Gasteiger partial charge in [0.2, 0.25) is 0 Å². The molecule has 0 unspecified atom stereocenters. The molecule has 1 fully saturated rings. The van der Waals surface area contributed by atoms with Crippen LogP contribution in [0.15, 0.2) is 40.9 Å². The predicted molar refractivity (Wildman–Crippen MR) is 93.4 cm³/mol. The first-order valence-electron chi connectivity index (χ1n) is 7.18. The largest absolute Gasteiger partial charge is 0.492 e. The SMILES string of the molecule is BrCC1(COc2ccc3ccccc3c2Br)CCOCC1. The Morgan fingerprint density at radius 1 is 1.10 bits per heavy atom. The lowest BCUT2D eigenvalue weighted by atomic mass is 9.83. The molecule has 0 aliphatic carbocycles. The summed E-state index contributed by atoms with van der Waals surface area (Å²) in [5.74, 6) is 0.917. The highest BCUT2D eigenvalue weighted by Gasteiger charge is 2.32. The van der Waals surface area contributed by atoms with Gasteiger partial charge in [0.15, 0.2) is 0 Å². The number of ether oxygens (including phenoxy) is 2. The summed E-state index contributed by atoms with van der Waals surface area (Å²) >= 11 is 7.34. The van der Waals surface area contributed by atoms with Gasteiger partial charge in [0.1, 0.15) is 5.75 Å². The molecule has 3 rings (SSSR count). The topological polar surface area (TPSA) is 18.5 Å². The Kier molecular flexibility index (Phi) is 4.87. The molecule has 0 atom stereocenters. The smallest absolute Gasteiger partial charge is 0.134 e. The molecular formula is C17H18Br2O2. The monoisotopic (exact) mass is 412 g/mol.